The maximum Gasteiger partial charge on any atom is 0.226 e. The molecule has 1 saturated heterocycles. The minimum atomic E-state index is 0.287. The van der Waals surface area contributed by atoms with Gasteiger partial charge < -0.3 is 4.90 Å². The highest BCUT2D eigenvalue weighted by molar-refractivity contribution is 5.79. The Morgan fingerprint density at radius 1 is 1.36 bits per heavy atom. The molecule has 2 nitrogen and oxygen atoms in total. The fourth-order valence-electron chi connectivity index (χ4n) is 1.72. The summed E-state index contributed by atoms with van der Waals surface area (Å²) in [7, 11) is 0. The van der Waals surface area contributed by atoms with E-state index in [0.717, 1.165) is 25.8 Å². The molecule has 0 atom stereocenters. The van der Waals surface area contributed by atoms with E-state index in [1.807, 2.05) is 11.1 Å². The third-order valence-electron chi connectivity index (χ3n) is 2.62. The average molecular weight is 195 g/mol. The largest absolute Gasteiger partial charge is 0.319 e. The molecule has 0 aromatic heterocycles. The number of hydrogen-bond donors (Lipinski definition) is 0. The van der Waals surface area contributed by atoms with E-state index in [-0.39, 0.29) is 5.91 Å². The molecule has 0 unspecified atom stereocenters. The minimum Gasteiger partial charge on any atom is -0.319 e. The number of allylic oxidation sites excluding steroid dienone is 1. The molecular weight excluding hydrogens is 174 g/mol. The van der Waals surface area contributed by atoms with Crippen molar-refractivity contribution in [3.63, 3.8) is 0 Å². The molecule has 0 aromatic rings. The van der Waals surface area contributed by atoms with Crippen LogP contribution in [0.4, 0.5) is 0 Å². The van der Waals surface area contributed by atoms with Crippen molar-refractivity contribution < 1.29 is 4.79 Å². The van der Waals surface area contributed by atoms with E-state index in [9.17, 15) is 4.79 Å². The summed E-state index contributed by atoms with van der Waals surface area (Å²) >= 11 is 0. The van der Waals surface area contributed by atoms with Crippen LogP contribution in [0.3, 0.4) is 0 Å². The zero-order valence-corrected chi connectivity index (χ0v) is 9.17. The van der Waals surface area contributed by atoms with Crippen molar-refractivity contribution in [1.82, 2.24) is 4.90 Å². The van der Waals surface area contributed by atoms with Crippen LogP contribution in [0.15, 0.2) is 12.3 Å². The lowest BCUT2D eigenvalue weighted by Crippen LogP contribution is -2.17. The second kappa shape index (κ2) is 6.63. The molecule has 0 bridgehead atoms. The monoisotopic (exact) mass is 195 g/mol. The molecule has 80 valence electrons. The highest BCUT2D eigenvalue weighted by Gasteiger charge is 2.16. The Morgan fingerprint density at radius 3 is 2.86 bits per heavy atom. The van der Waals surface area contributed by atoms with Gasteiger partial charge >= 0.3 is 0 Å². The van der Waals surface area contributed by atoms with E-state index in [4.69, 9.17) is 0 Å². The fraction of sp³-hybridized carbons (Fsp3) is 0.750. The van der Waals surface area contributed by atoms with Gasteiger partial charge in [-0.05, 0) is 19.3 Å². The summed E-state index contributed by atoms with van der Waals surface area (Å²) < 4.78 is 0. The molecule has 1 aliphatic heterocycles. The van der Waals surface area contributed by atoms with Crippen molar-refractivity contribution in [2.24, 2.45) is 0 Å². The van der Waals surface area contributed by atoms with Crippen molar-refractivity contribution in [1.29, 1.82) is 0 Å². The van der Waals surface area contributed by atoms with Gasteiger partial charge in [-0.3, -0.25) is 4.79 Å². The summed E-state index contributed by atoms with van der Waals surface area (Å²) in [6, 6.07) is 0. The van der Waals surface area contributed by atoms with Gasteiger partial charge in [-0.2, -0.15) is 0 Å². The Labute approximate surface area is 87.0 Å². The second-order valence-electron chi connectivity index (χ2n) is 3.92. The van der Waals surface area contributed by atoms with Gasteiger partial charge in [0.1, 0.15) is 0 Å². The molecule has 2 heteroatoms. The lowest BCUT2D eigenvalue weighted by atomic mass is 10.1. The Morgan fingerprint density at radius 2 is 2.21 bits per heavy atom. The van der Waals surface area contributed by atoms with E-state index >= 15 is 0 Å². The number of nitrogens with zero attached hydrogens (tertiary/aromatic N) is 1. The maximum atomic E-state index is 11.2. The molecule has 1 fully saturated rings. The Kier molecular flexibility index (Phi) is 5.35. The summed E-state index contributed by atoms with van der Waals surface area (Å²) in [6.07, 6.45) is 12.2. The van der Waals surface area contributed by atoms with Gasteiger partial charge in [0.2, 0.25) is 5.91 Å². The third-order valence-corrected chi connectivity index (χ3v) is 2.62. The number of amides is 1. The van der Waals surface area contributed by atoms with Crippen molar-refractivity contribution in [3.05, 3.63) is 12.3 Å². The summed E-state index contributed by atoms with van der Waals surface area (Å²) in [5, 5.41) is 0. The van der Waals surface area contributed by atoms with E-state index in [0.29, 0.717) is 0 Å². The normalized spacial score (nSPS) is 17.2. The van der Waals surface area contributed by atoms with Crippen LogP contribution in [0.1, 0.15) is 51.9 Å². The van der Waals surface area contributed by atoms with Crippen LogP contribution in [0.5, 0.6) is 0 Å². The van der Waals surface area contributed by atoms with Crippen LogP contribution >= 0.6 is 0 Å². The molecule has 0 aromatic carbocycles. The van der Waals surface area contributed by atoms with Crippen molar-refractivity contribution in [3.8, 4) is 0 Å². The molecule has 1 amide bonds. The lowest BCUT2D eigenvalue weighted by Gasteiger charge is -2.07. The number of unbranched alkanes of at least 4 members (excludes halogenated alkanes) is 4. The second-order valence-corrected chi connectivity index (χ2v) is 3.92. The predicted molar refractivity (Wildman–Crippen MR) is 58.8 cm³/mol. The summed E-state index contributed by atoms with van der Waals surface area (Å²) in [5.41, 5.74) is 0. The van der Waals surface area contributed by atoms with Crippen molar-refractivity contribution in [2.45, 2.75) is 51.9 Å². The molecule has 14 heavy (non-hydrogen) atoms. The van der Waals surface area contributed by atoms with Crippen molar-refractivity contribution >= 4 is 5.91 Å². The van der Waals surface area contributed by atoms with Crippen LogP contribution in [0.25, 0.3) is 0 Å². The van der Waals surface area contributed by atoms with Crippen LogP contribution < -0.4 is 0 Å². The van der Waals surface area contributed by atoms with E-state index < -0.39 is 0 Å². The Bertz CT molecular complexity index is 198. The van der Waals surface area contributed by atoms with E-state index in [1.54, 1.807) is 0 Å². The van der Waals surface area contributed by atoms with Gasteiger partial charge in [0.25, 0.3) is 0 Å². The minimum absolute atomic E-state index is 0.287. The van der Waals surface area contributed by atoms with Gasteiger partial charge in [-0.15, -0.1) is 0 Å². The van der Waals surface area contributed by atoms with Gasteiger partial charge in [0.15, 0.2) is 0 Å². The fourth-order valence-corrected chi connectivity index (χ4v) is 1.72. The molecule has 1 heterocycles. The van der Waals surface area contributed by atoms with Gasteiger partial charge in [-0.25, -0.2) is 0 Å². The van der Waals surface area contributed by atoms with E-state index in [2.05, 4.69) is 13.0 Å². The molecule has 0 N–H and O–H groups in total. The first-order chi connectivity index (χ1) is 6.84. The number of carbonyl (C=O) groups is 1. The van der Waals surface area contributed by atoms with Crippen molar-refractivity contribution in [2.75, 3.05) is 6.54 Å². The number of rotatable bonds is 6. The zero-order chi connectivity index (χ0) is 10.2. The Balaban J connectivity index is 2.05. The van der Waals surface area contributed by atoms with Gasteiger partial charge in [0, 0.05) is 19.2 Å². The zero-order valence-electron chi connectivity index (χ0n) is 9.17. The van der Waals surface area contributed by atoms with Crippen LogP contribution in [-0.2, 0) is 4.79 Å². The molecule has 1 aliphatic rings. The quantitative estimate of drug-likeness (QED) is 0.596. The van der Waals surface area contributed by atoms with Crippen LogP contribution in [0, 0.1) is 0 Å². The highest BCUT2D eigenvalue weighted by atomic mass is 16.2. The average Bonchev–Trinajstić information content (AvgIpc) is 2.58. The van der Waals surface area contributed by atoms with E-state index in [1.165, 1.54) is 25.7 Å². The third kappa shape index (κ3) is 3.95. The first-order valence-corrected chi connectivity index (χ1v) is 5.80. The van der Waals surface area contributed by atoms with Crippen LogP contribution in [-0.4, -0.2) is 17.4 Å². The van der Waals surface area contributed by atoms with Crippen LogP contribution in [0.2, 0.25) is 0 Å². The number of likely N-dealkylation sites (tertiary alicyclic amines) is 1. The molecular formula is C12H21NO. The first kappa shape index (κ1) is 11.3. The lowest BCUT2D eigenvalue weighted by molar-refractivity contribution is -0.125. The Hall–Kier alpha value is -0.790. The smallest absolute Gasteiger partial charge is 0.226 e. The highest BCUT2D eigenvalue weighted by Crippen LogP contribution is 2.10. The topological polar surface area (TPSA) is 20.3 Å². The SMILES string of the molecule is CCCCCCC=CN1CCCC1=O. The number of carbonyl (C=O) groups excluding carboxylic acids is 1. The number of hydrogen-bond acceptors (Lipinski definition) is 1. The molecule has 0 spiro atoms. The molecule has 0 saturated carbocycles. The molecule has 1 rings (SSSR count). The van der Waals surface area contributed by atoms with Gasteiger partial charge in [-0.1, -0.05) is 32.3 Å². The summed E-state index contributed by atoms with van der Waals surface area (Å²) in [4.78, 5) is 13.1. The summed E-state index contributed by atoms with van der Waals surface area (Å²) in [5.74, 6) is 0.287. The summed E-state index contributed by atoms with van der Waals surface area (Å²) in [6.45, 7) is 3.14. The maximum absolute atomic E-state index is 11.2. The standard InChI is InChI=1S/C12H21NO/c1-2-3-4-5-6-7-10-13-11-8-9-12(13)14/h7,10H,2-6,8-9,11H2,1H3. The molecule has 0 aliphatic carbocycles. The predicted octanol–water partition coefficient (Wildman–Crippen LogP) is 3.09. The first-order valence-electron chi connectivity index (χ1n) is 5.80. The van der Waals surface area contributed by atoms with Gasteiger partial charge in [0.05, 0.1) is 0 Å². The molecule has 0 radical (unpaired) electrons.